The summed E-state index contributed by atoms with van der Waals surface area (Å²) in [5, 5.41) is 0.291. The van der Waals surface area contributed by atoms with E-state index in [9.17, 15) is 12.8 Å². The molecule has 0 atom stereocenters. The van der Waals surface area contributed by atoms with Gasteiger partial charge in [0.05, 0.1) is 28.8 Å². The molecule has 8 heteroatoms. The molecule has 5 nitrogen and oxygen atoms in total. The molecule has 1 fully saturated rings. The van der Waals surface area contributed by atoms with Crippen molar-refractivity contribution in [2.24, 2.45) is 0 Å². The Labute approximate surface area is 151 Å². The average Bonchev–Trinajstić information content (AvgIpc) is 2.60. The van der Waals surface area contributed by atoms with Gasteiger partial charge in [-0.15, -0.1) is 0 Å². The van der Waals surface area contributed by atoms with E-state index in [-0.39, 0.29) is 16.1 Å². The first kappa shape index (κ1) is 18.0. The SMILES string of the molecule is Cc1cc(S(=O)(=O)Nc2cc(N3CCOCC3)ccc2Cl)ccc1F. The van der Waals surface area contributed by atoms with Gasteiger partial charge in [0.1, 0.15) is 5.82 Å². The van der Waals surface area contributed by atoms with Gasteiger partial charge in [-0.1, -0.05) is 11.6 Å². The smallest absolute Gasteiger partial charge is 0.261 e. The average molecular weight is 385 g/mol. The van der Waals surface area contributed by atoms with Crippen LogP contribution < -0.4 is 9.62 Å². The van der Waals surface area contributed by atoms with Gasteiger partial charge in [-0.25, -0.2) is 12.8 Å². The van der Waals surface area contributed by atoms with Crippen LogP contribution in [0, 0.1) is 12.7 Å². The van der Waals surface area contributed by atoms with Crippen LogP contribution in [0.3, 0.4) is 0 Å². The maximum atomic E-state index is 13.4. The third kappa shape index (κ3) is 4.05. The molecular formula is C17H18ClFN2O3S. The van der Waals surface area contributed by atoms with E-state index >= 15 is 0 Å². The zero-order chi connectivity index (χ0) is 18.0. The van der Waals surface area contributed by atoms with Crippen molar-refractivity contribution in [2.45, 2.75) is 11.8 Å². The Morgan fingerprint density at radius 1 is 1.16 bits per heavy atom. The highest BCUT2D eigenvalue weighted by molar-refractivity contribution is 7.92. The number of nitrogens with one attached hydrogen (secondary N) is 1. The highest BCUT2D eigenvalue weighted by Gasteiger charge is 2.19. The third-order valence-electron chi connectivity index (χ3n) is 4.01. The van der Waals surface area contributed by atoms with Gasteiger partial charge in [0.25, 0.3) is 10.0 Å². The van der Waals surface area contributed by atoms with E-state index in [1.807, 2.05) is 6.07 Å². The lowest BCUT2D eigenvalue weighted by atomic mass is 10.2. The Morgan fingerprint density at radius 2 is 1.88 bits per heavy atom. The molecule has 1 aliphatic heterocycles. The van der Waals surface area contributed by atoms with Crippen molar-refractivity contribution in [3.8, 4) is 0 Å². The topological polar surface area (TPSA) is 58.6 Å². The van der Waals surface area contributed by atoms with Gasteiger partial charge in [0.15, 0.2) is 0 Å². The van der Waals surface area contributed by atoms with Crippen LogP contribution in [0.5, 0.6) is 0 Å². The highest BCUT2D eigenvalue weighted by Crippen LogP contribution is 2.30. The van der Waals surface area contributed by atoms with Gasteiger partial charge in [0.2, 0.25) is 0 Å². The molecule has 1 heterocycles. The number of hydrogen-bond acceptors (Lipinski definition) is 4. The molecule has 134 valence electrons. The fourth-order valence-corrected chi connectivity index (χ4v) is 3.97. The largest absolute Gasteiger partial charge is 0.378 e. The van der Waals surface area contributed by atoms with Crippen LogP contribution in [0.1, 0.15) is 5.56 Å². The number of halogens is 2. The normalized spacial score (nSPS) is 15.2. The van der Waals surface area contributed by atoms with E-state index < -0.39 is 15.8 Å². The Morgan fingerprint density at radius 3 is 2.56 bits per heavy atom. The van der Waals surface area contributed by atoms with Crippen molar-refractivity contribution in [3.63, 3.8) is 0 Å². The fraction of sp³-hybridized carbons (Fsp3) is 0.294. The lowest BCUT2D eigenvalue weighted by molar-refractivity contribution is 0.122. The number of benzene rings is 2. The maximum Gasteiger partial charge on any atom is 0.261 e. The first-order valence-electron chi connectivity index (χ1n) is 7.78. The summed E-state index contributed by atoms with van der Waals surface area (Å²) in [5.41, 5.74) is 1.41. The van der Waals surface area contributed by atoms with Gasteiger partial charge in [-0.3, -0.25) is 4.72 Å². The van der Waals surface area contributed by atoms with Gasteiger partial charge in [0, 0.05) is 18.8 Å². The summed E-state index contributed by atoms with van der Waals surface area (Å²) in [4.78, 5) is 2.08. The molecular weight excluding hydrogens is 367 g/mol. The van der Waals surface area contributed by atoms with Gasteiger partial charge in [-0.05, 0) is 48.9 Å². The Hall–Kier alpha value is -1.83. The molecule has 2 aromatic rings. The zero-order valence-corrected chi connectivity index (χ0v) is 15.2. The fourth-order valence-electron chi connectivity index (χ4n) is 2.60. The molecule has 0 spiro atoms. The molecule has 1 aliphatic rings. The zero-order valence-electron chi connectivity index (χ0n) is 13.6. The second kappa shape index (κ2) is 7.19. The standard InChI is InChI=1S/C17H18ClFN2O3S/c1-12-10-14(3-5-16(12)19)25(22,23)20-17-11-13(2-4-15(17)18)21-6-8-24-9-7-21/h2-5,10-11,20H,6-9H2,1H3. The molecule has 0 aliphatic carbocycles. The minimum Gasteiger partial charge on any atom is -0.378 e. The third-order valence-corrected chi connectivity index (χ3v) is 5.70. The van der Waals surface area contributed by atoms with E-state index in [0.717, 1.165) is 24.8 Å². The van der Waals surface area contributed by atoms with Crippen molar-refractivity contribution in [1.82, 2.24) is 0 Å². The van der Waals surface area contributed by atoms with Crippen LogP contribution in [0.25, 0.3) is 0 Å². The predicted octanol–water partition coefficient (Wildman–Crippen LogP) is 3.42. The molecule has 0 bridgehead atoms. The molecule has 2 aromatic carbocycles. The first-order chi connectivity index (χ1) is 11.9. The highest BCUT2D eigenvalue weighted by atomic mass is 35.5. The summed E-state index contributed by atoms with van der Waals surface area (Å²) >= 11 is 6.16. The summed E-state index contributed by atoms with van der Waals surface area (Å²) in [6.07, 6.45) is 0. The van der Waals surface area contributed by atoms with Crippen LogP contribution in [-0.2, 0) is 14.8 Å². The van der Waals surface area contributed by atoms with Crippen LogP contribution in [0.15, 0.2) is 41.3 Å². The van der Waals surface area contributed by atoms with Gasteiger partial charge < -0.3 is 9.64 Å². The van der Waals surface area contributed by atoms with Crippen LogP contribution in [0.4, 0.5) is 15.8 Å². The molecule has 1 saturated heterocycles. The first-order valence-corrected chi connectivity index (χ1v) is 9.64. The van der Waals surface area contributed by atoms with E-state index in [0.29, 0.717) is 18.2 Å². The second-order valence-electron chi connectivity index (χ2n) is 5.78. The molecule has 0 saturated carbocycles. The quantitative estimate of drug-likeness (QED) is 0.877. The lowest BCUT2D eigenvalue weighted by Gasteiger charge is -2.29. The van der Waals surface area contributed by atoms with E-state index in [4.69, 9.17) is 16.3 Å². The Balaban J connectivity index is 1.89. The van der Waals surface area contributed by atoms with Crippen LogP contribution in [-0.4, -0.2) is 34.7 Å². The van der Waals surface area contributed by atoms with Crippen molar-refractivity contribution in [1.29, 1.82) is 0 Å². The van der Waals surface area contributed by atoms with E-state index in [2.05, 4.69) is 9.62 Å². The molecule has 0 radical (unpaired) electrons. The van der Waals surface area contributed by atoms with Gasteiger partial charge >= 0.3 is 0 Å². The van der Waals surface area contributed by atoms with Crippen molar-refractivity contribution in [3.05, 3.63) is 52.8 Å². The Kier molecular flexibility index (Phi) is 5.17. The van der Waals surface area contributed by atoms with Crippen LogP contribution in [0.2, 0.25) is 5.02 Å². The van der Waals surface area contributed by atoms with E-state index in [1.54, 1.807) is 12.1 Å². The molecule has 0 aromatic heterocycles. The number of sulfonamides is 1. The summed E-state index contributed by atoms with van der Waals surface area (Å²) in [6, 6.07) is 8.84. The second-order valence-corrected chi connectivity index (χ2v) is 7.87. The van der Waals surface area contributed by atoms with Crippen molar-refractivity contribution >= 4 is 33.0 Å². The number of anilines is 2. The number of hydrogen-bond donors (Lipinski definition) is 1. The maximum absolute atomic E-state index is 13.4. The number of ether oxygens (including phenoxy) is 1. The monoisotopic (exact) mass is 384 g/mol. The molecule has 3 rings (SSSR count). The molecule has 0 amide bonds. The number of aryl methyl sites for hydroxylation is 1. The minimum atomic E-state index is -3.87. The van der Waals surface area contributed by atoms with Crippen LogP contribution >= 0.6 is 11.6 Å². The summed E-state index contributed by atoms with van der Waals surface area (Å²) in [6.45, 7) is 4.22. The number of nitrogens with zero attached hydrogens (tertiary/aromatic N) is 1. The molecule has 25 heavy (non-hydrogen) atoms. The summed E-state index contributed by atoms with van der Waals surface area (Å²) < 4.78 is 46.4. The summed E-state index contributed by atoms with van der Waals surface area (Å²) in [5.74, 6) is -0.453. The minimum absolute atomic E-state index is 0.0146. The molecule has 1 N–H and O–H groups in total. The number of morpholine rings is 1. The molecule has 0 unspecified atom stereocenters. The van der Waals surface area contributed by atoms with Gasteiger partial charge in [-0.2, -0.15) is 0 Å². The van der Waals surface area contributed by atoms with Crippen molar-refractivity contribution in [2.75, 3.05) is 35.9 Å². The van der Waals surface area contributed by atoms with E-state index in [1.165, 1.54) is 19.1 Å². The van der Waals surface area contributed by atoms with Crippen molar-refractivity contribution < 1.29 is 17.5 Å². The lowest BCUT2D eigenvalue weighted by Crippen LogP contribution is -2.36. The Bertz CT molecular complexity index is 883. The summed E-state index contributed by atoms with van der Waals surface area (Å²) in [7, 11) is -3.87. The predicted molar refractivity (Wildman–Crippen MR) is 96.4 cm³/mol. The number of rotatable bonds is 4.